The van der Waals surface area contributed by atoms with Crippen LogP contribution in [-0.2, 0) is 21.3 Å². The van der Waals surface area contributed by atoms with E-state index in [-0.39, 0.29) is 0 Å². The molecule has 0 fully saturated rings. The zero-order valence-corrected chi connectivity index (χ0v) is 26.2. The van der Waals surface area contributed by atoms with E-state index in [2.05, 4.69) is 25.7 Å². The molecule has 0 aliphatic rings. The van der Waals surface area contributed by atoms with E-state index in [4.69, 9.17) is 42.8 Å². The molecule has 0 atom stereocenters. The Morgan fingerprint density at radius 2 is 1.88 bits per heavy atom. The minimum Gasteiger partial charge on any atom is -0.501 e. The lowest BCUT2D eigenvalue weighted by atomic mass is 10.1. The van der Waals surface area contributed by atoms with Crippen molar-refractivity contribution in [3.8, 4) is 11.3 Å². The van der Waals surface area contributed by atoms with E-state index < -0.39 is 5.97 Å². The summed E-state index contributed by atoms with van der Waals surface area (Å²) in [7, 11) is 3.61. The summed E-state index contributed by atoms with van der Waals surface area (Å²) in [6.45, 7) is 10.0. The van der Waals surface area contributed by atoms with E-state index in [0.29, 0.717) is 23.1 Å². The van der Waals surface area contributed by atoms with Crippen molar-refractivity contribution in [1.29, 1.82) is 0 Å². The third kappa shape index (κ3) is 11.9. The first-order valence-corrected chi connectivity index (χ1v) is 14.1. The molecule has 1 heterocycles. The van der Waals surface area contributed by atoms with Crippen LogP contribution in [0.5, 0.6) is 0 Å². The fourth-order valence-corrected chi connectivity index (χ4v) is 4.07. The number of aryl methyl sites for hydroxylation is 1. The van der Waals surface area contributed by atoms with Gasteiger partial charge < -0.3 is 19.1 Å². The molecule has 0 saturated heterocycles. The average Bonchev–Trinajstić information content (AvgIpc) is 3.31. The molecule has 42 heavy (non-hydrogen) atoms. The standard InChI is InChI=1S/C34H38Cl2N2O4/c1-7-27(12-9-16-34(39)40)23-42-26(4)18-17-25(3)24(2)11-8-13-29(41-6)14-10-15-33-37-32(22-38(33)5)30-20-19-28(35)21-31(30)36/h7,9-13,15-22H,1,8,14,23H2,2-6H3,(H,39,40)/b15-10+,16-9+,24-11+,25-17+,26-18+,27-12+,29-13+. The van der Waals surface area contributed by atoms with Crippen LogP contribution in [-0.4, -0.2) is 34.3 Å². The monoisotopic (exact) mass is 608 g/mol. The van der Waals surface area contributed by atoms with Crippen molar-refractivity contribution in [3.63, 3.8) is 0 Å². The van der Waals surface area contributed by atoms with Gasteiger partial charge in [0.1, 0.15) is 12.4 Å². The molecular formula is C34H38Cl2N2O4. The predicted octanol–water partition coefficient (Wildman–Crippen LogP) is 9.28. The summed E-state index contributed by atoms with van der Waals surface area (Å²) in [6.07, 6.45) is 21.2. The van der Waals surface area contributed by atoms with Gasteiger partial charge in [-0.15, -0.1) is 0 Å². The van der Waals surface area contributed by atoms with Crippen LogP contribution in [0.15, 0.2) is 114 Å². The summed E-state index contributed by atoms with van der Waals surface area (Å²) < 4.78 is 13.3. The zero-order chi connectivity index (χ0) is 31.1. The van der Waals surface area contributed by atoms with Gasteiger partial charge >= 0.3 is 5.97 Å². The van der Waals surface area contributed by atoms with Crippen LogP contribution in [0.3, 0.4) is 0 Å². The maximum atomic E-state index is 10.6. The molecule has 0 radical (unpaired) electrons. The minimum atomic E-state index is -1.00. The van der Waals surface area contributed by atoms with E-state index in [1.54, 1.807) is 31.4 Å². The van der Waals surface area contributed by atoms with E-state index in [1.165, 1.54) is 6.08 Å². The number of nitrogens with zero attached hydrogens (tertiary/aromatic N) is 2. The van der Waals surface area contributed by atoms with Crippen molar-refractivity contribution in [1.82, 2.24) is 9.55 Å². The number of carbonyl (C=O) groups is 1. The number of allylic oxidation sites excluding steroid dienone is 10. The lowest BCUT2D eigenvalue weighted by molar-refractivity contribution is -0.131. The molecule has 1 aromatic heterocycles. The highest BCUT2D eigenvalue weighted by atomic mass is 35.5. The van der Waals surface area contributed by atoms with Crippen molar-refractivity contribution < 1.29 is 19.4 Å². The lowest BCUT2D eigenvalue weighted by Gasteiger charge is -2.06. The second-order valence-electron chi connectivity index (χ2n) is 9.38. The largest absolute Gasteiger partial charge is 0.501 e. The van der Waals surface area contributed by atoms with Gasteiger partial charge in [-0.3, -0.25) is 0 Å². The van der Waals surface area contributed by atoms with Crippen LogP contribution >= 0.6 is 23.2 Å². The van der Waals surface area contributed by atoms with Crippen LogP contribution < -0.4 is 0 Å². The van der Waals surface area contributed by atoms with Gasteiger partial charge in [0.15, 0.2) is 0 Å². The maximum absolute atomic E-state index is 10.6. The zero-order valence-electron chi connectivity index (χ0n) is 24.7. The smallest absolute Gasteiger partial charge is 0.328 e. The first kappa shape index (κ1) is 34.2. The number of rotatable bonds is 15. The number of imidazole rings is 1. The molecule has 0 aliphatic heterocycles. The van der Waals surface area contributed by atoms with Crippen LogP contribution in [0.2, 0.25) is 10.0 Å². The quantitative estimate of drug-likeness (QED) is 0.124. The summed E-state index contributed by atoms with van der Waals surface area (Å²) in [6, 6.07) is 5.38. The van der Waals surface area contributed by atoms with Crippen LogP contribution in [0.25, 0.3) is 17.3 Å². The molecule has 222 valence electrons. The van der Waals surface area contributed by atoms with Crippen molar-refractivity contribution in [2.45, 2.75) is 33.6 Å². The average molecular weight is 610 g/mol. The number of methoxy groups -OCH3 is 1. The molecule has 1 aromatic carbocycles. The molecular weight excluding hydrogens is 571 g/mol. The number of hydrogen-bond donors (Lipinski definition) is 1. The Kier molecular flexibility index (Phi) is 14.4. The molecule has 0 amide bonds. The number of ether oxygens (including phenoxy) is 2. The first-order valence-electron chi connectivity index (χ1n) is 13.3. The summed E-state index contributed by atoms with van der Waals surface area (Å²) in [5.74, 6) is 1.40. The highest BCUT2D eigenvalue weighted by molar-refractivity contribution is 6.36. The maximum Gasteiger partial charge on any atom is 0.328 e. The second-order valence-corrected chi connectivity index (χ2v) is 10.2. The van der Waals surface area contributed by atoms with Crippen molar-refractivity contribution in [2.24, 2.45) is 7.05 Å². The van der Waals surface area contributed by atoms with E-state index >= 15 is 0 Å². The van der Waals surface area contributed by atoms with Gasteiger partial charge in [0.2, 0.25) is 0 Å². The molecule has 0 bridgehead atoms. The van der Waals surface area contributed by atoms with Gasteiger partial charge in [-0.05, 0) is 74.8 Å². The van der Waals surface area contributed by atoms with Gasteiger partial charge in [-0.25, -0.2) is 9.78 Å². The fourth-order valence-electron chi connectivity index (χ4n) is 3.57. The number of carboxylic acid groups (broad SMARTS) is 1. The molecule has 0 spiro atoms. The number of benzene rings is 1. The highest BCUT2D eigenvalue weighted by Gasteiger charge is 2.09. The molecule has 1 N–H and O–H groups in total. The number of aliphatic carboxylic acids is 1. The molecule has 8 heteroatoms. The predicted molar refractivity (Wildman–Crippen MR) is 174 cm³/mol. The third-order valence-electron chi connectivity index (χ3n) is 6.20. The van der Waals surface area contributed by atoms with E-state index in [0.717, 1.165) is 57.8 Å². The normalized spacial score (nSPS) is 13.7. The summed E-state index contributed by atoms with van der Waals surface area (Å²) >= 11 is 12.4. The topological polar surface area (TPSA) is 73.6 Å². The van der Waals surface area contributed by atoms with Gasteiger partial charge in [0.05, 0.1) is 29.3 Å². The Hall–Kier alpha value is -4.00. The van der Waals surface area contributed by atoms with Gasteiger partial charge in [-0.1, -0.05) is 71.8 Å². The number of aromatic nitrogens is 2. The van der Waals surface area contributed by atoms with Crippen molar-refractivity contribution in [2.75, 3.05) is 13.7 Å². The van der Waals surface area contributed by atoms with Crippen LogP contribution in [0, 0.1) is 0 Å². The summed E-state index contributed by atoms with van der Waals surface area (Å²) in [5.41, 5.74) is 4.65. The van der Waals surface area contributed by atoms with Gasteiger partial charge in [0, 0.05) is 36.3 Å². The molecule has 0 aliphatic carbocycles. The number of halogens is 2. The molecule has 2 rings (SSSR count). The SMILES string of the molecule is C=C/C(=C\C=C\C(=O)O)CO/C(C)=C/C=C(C)/C(C)=C/C/C=C(\C/C=C/c1nc(-c2ccc(Cl)cc2Cl)cn1C)OC. The first-order chi connectivity index (χ1) is 20.0. The summed E-state index contributed by atoms with van der Waals surface area (Å²) in [4.78, 5) is 15.3. The molecule has 0 saturated carbocycles. The second kappa shape index (κ2) is 17.7. The Morgan fingerprint density at radius 1 is 1.12 bits per heavy atom. The van der Waals surface area contributed by atoms with Crippen LogP contribution in [0.1, 0.15) is 39.4 Å². The Balaban J connectivity index is 1.95. The van der Waals surface area contributed by atoms with Crippen molar-refractivity contribution >= 4 is 35.2 Å². The summed E-state index contributed by atoms with van der Waals surface area (Å²) in [5, 5.41) is 9.84. The van der Waals surface area contributed by atoms with Gasteiger partial charge in [-0.2, -0.15) is 0 Å². The molecule has 0 unspecified atom stereocenters. The Labute approximate surface area is 259 Å². The lowest BCUT2D eigenvalue weighted by Crippen LogP contribution is -1.94. The Bertz CT molecular complexity index is 1470. The van der Waals surface area contributed by atoms with Crippen molar-refractivity contribution in [3.05, 3.63) is 130 Å². The Morgan fingerprint density at radius 3 is 2.55 bits per heavy atom. The number of hydrogen-bond acceptors (Lipinski definition) is 4. The molecule has 6 nitrogen and oxygen atoms in total. The minimum absolute atomic E-state index is 0.300. The molecule has 2 aromatic rings. The van der Waals surface area contributed by atoms with Gasteiger partial charge in [0.25, 0.3) is 0 Å². The van der Waals surface area contributed by atoms with E-state index in [1.807, 2.05) is 62.0 Å². The fraction of sp³-hybridized carbons (Fsp3) is 0.235. The highest BCUT2D eigenvalue weighted by Crippen LogP contribution is 2.29. The number of carboxylic acids is 1. The van der Waals surface area contributed by atoms with E-state index in [9.17, 15) is 4.79 Å². The third-order valence-corrected chi connectivity index (χ3v) is 6.75. The van der Waals surface area contributed by atoms with Crippen LogP contribution in [0.4, 0.5) is 0 Å².